The Morgan fingerprint density at radius 1 is 1.50 bits per heavy atom. The van der Waals surface area contributed by atoms with E-state index in [1.807, 2.05) is 0 Å². The first-order chi connectivity index (χ1) is 8.59. The fourth-order valence-electron chi connectivity index (χ4n) is 2.26. The van der Waals surface area contributed by atoms with Gasteiger partial charge < -0.3 is 10.5 Å². The van der Waals surface area contributed by atoms with Crippen molar-refractivity contribution < 1.29 is 13.2 Å². The highest BCUT2D eigenvalue weighted by molar-refractivity contribution is 7.89. The fraction of sp³-hybridized carbons (Fsp3) is 0.500. The highest BCUT2D eigenvalue weighted by Crippen LogP contribution is 2.27. The molecule has 1 aromatic carbocycles. The van der Waals surface area contributed by atoms with Crippen molar-refractivity contribution in [2.45, 2.75) is 23.8 Å². The van der Waals surface area contributed by atoms with Crippen molar-refractivity contribution in [1.29, 1.82) is 0 Å². The molecule has 0 aliphatic carbocycles. The summed E-state index contributed by atoms with van der Waals surface area (Å²) in [7, 11) is -1.94. The first-order valence-electron chi connectivity index (χ1n) is 5.95. The van der Waals surface area contributed by atoms with Crippen LogP contribution >= 0.6 is 0 Å². The van der Waals surface area contributed by atoms with E-state index in [2.05, 4.69) is 0 Å². The number of sulfonamides is 1. The maximum absolute atomic E-state index is 12.5. The van der Waals surface area contributed by atoms with Gasteiger partial charge in [-0.1, -0.05) is 6.07 Å². The van der Waals surface area contributed by atoms with Crippen molar-refractivity contribution in [3.05, 3.63) is 24.3 Å². The standard InChI is InChI=1S/C12H18N2O3S/c1-17-11-5-2-6-12(8-11)18(15,16)14-7-3-4-10(14)9-13/h2,5-6,8,10H,3-4,7,9,13H2,1H3. The Hall–Kier alpha value is -1.11. The van der Waals surface area contributed by atoms with Crippen LogP contribution in [0.1, 0.15) is 12.8 Å². The second-order valence-corrected chi connectivity index (χ2v) is 6.22. The summed E-state index contributed by atoms with van der Waals surface area (Å²) in [6, 6.07) is 6.45. The Morgan fingerprint density at radius 3 is 2.94 bits per heavy atom. The van der Waals surface area contributed by atoms with Crippen molar-refractivity contribution in [1.82, 2.24) is 4.31 Å². The van der Waals surface area contributed by atoms with Crippen LogP contribution in [-0.2, 0) is 10.0 Å². The molecule has 1 heterocycles. The third-order valence-electron chi connectivity index (χ3n) is 3.24. The molecule has 5 nitrogen and oxygen atoms in total. The average molecular weight is 270 g/mol. The molecule has 6 heteroatoms. The van der Waals surface area contributed by atoms with Gasteiger partial charge in [0.25, 0.3) is 0 Å². The van der Waals surface area contributed by atoms with Gasteiger partial charge in [0.05, 0.1) is 12.0 Å². The van der Waals surface area contributed by atoms with Gasteiger partial charge in [0, 0.05) is 25.2 Å². The number of nitrogens with two attached hydrogens (primary N) is 1. The van der Waals surface area contributed by atoms with Gasteiger partial charge in [-0.25, -0.2) is 8.42 Å². The highest BCUT2D eigenvalue weighted by Gasteiger charge is 2.34. The Bertz CT molecular complexity index is 516. The van der Waals surface area contributed by atoms with Crippen molar-refractivity contribution in [3.8, 4) is 5.75 Å². The molecule has 2 N–H and O–H groups in total. The lowest BCUT2D eigenvalue weighted by molar-refractivity contribution is 0.391. The Kier molecular flexibility index (Phi) is 3.89. The van der Waals surface area contributed by atoms with Gasteiger partial charge >= 0.3 is 0 Å². The molecular formula is C12H18N2O3S. The molecule has 2 rings (SSSR count). The van der Waals surface area contributed by atoms with Crippen molar-refractivity contribution in [2.24, 2.45) is 5.73 Å². The van der Waals surface area contributed by atoms with Crippen LogP contribution in [0.3, 0.4) is 0 Å². The topological polar surface area (TPSA) is 72.6 Å². The molecule has 0 amide bonds. The molecule has 1 atom stereocenters. The minimum atomic E-state index is -3.46. The monoisotopic (exact) mass is 270 g/mol. The highest BCUT2D eigenvalue weighted by atomic mass is 32.2. The SMILES string of the molecule is COc1cccc(S(=O)(=O)N2CCCC2CN)c1. The van der Waals surface area contributed by atoms with Crippen molar-refractivity contribution in [3.63, 3.8) is 0 Å². The van der Waals surface area contributed by atoms with E-state index in [1.165, 1.54) is 11.4 Å². The molecule has 1 fully saturated rings. The molecule has 100 valence electrons. The zero-order chi connectivity index (χ0) is 13.2. The maximum Gasteiger partial charge on any atom is 0.243 e. The summed E-state index contributed by atoms with van der Waals surface area (Å²) < 4.78 is 31.5. The van der Waals surface area contributed by atoms with Gasteiger partial charge in [0.2, 0.25) is 10.0 Å². The molecule has 0 spiro atoms. The molecule has 1 aromatic rings. The van der Waals surface area contributed by atoms with Gasteiger partial charge in [-0.15, -0.1) is 0 Å². The van der Waals surface area contributed by atoms with Crippen LogP contribution < -0.4 is 10.5 Å². The van der Waals surface area contributed by atoms with Crippen LogP contribution in [0.2, 0.25) is 0 Å². The number of rotatable bonds is 4. The number of benzene rings is 1. The van der Waals surface area contributed by atoms with Crippen molar-refractivity contribution in [2.75, 3.05) is 20.2 Å². The minimum Gasteiger partial charge on any atom is -0.497 e. The number of ether oxygens (including phenoxy) is 1. The van der Waals surface area contributed by atoms with Crippen LogP contribution in [0.15, 0.2) is 29.2 Å². The summed E-state index contributed by atoms with van der Waals surface area (Å²) in [6.07, 6.45) is 1.70. The van der Waals surface area contributed by atoms with E-state index in [-0.39, 0.29) is 10.9 Å². The lowest BCUT2D eigenvalue weighted by Crippen LogP contribution is -2.39. The summed E-state index contributed by atoms with van der Waals surface area (Å²) in [5.41, 5.74) is 5.62. The maximum atomic E-state index is 12.5. The summed E-state index contributed by atoms with van der Waals surface area (Å²) in [5, 5.41) is 0. The third kappa shape index (κ3) is 2.36. The third-order valence-corrected chi connectivity index (χ3v) is 5.19. The number of methoxy groups -OCH3 is 1. The summed E-state index contributed by atoms with van der Waals surface area (Å²) in [6.45, 7) is 0.907. The molecule has 0 bridgehead atoms. The van der Waals surface area contributed by atoms with Crippen LogP contribution in [0.4, 0.5) is 0 Å². The Labute approximate surface area is 108 Å². The minimum absolute atomic E-state index is 0.0822. The lowest BCUT2D eigenvalue weighted by Gasteiger charge is -2.22. The molecule has 1 aliphatic rings. The lowest BCUT2D eigenvalue weighted by atomic mass is 10.2. The zero-order valence-electron chi connectivity index (χ0n) is 10.4. The summed E-state index contributed by atoms with van der Waals surface area (Å²) in [5.74, 6) is 0.541. The molecule has 0 aromatic heterocycles. The molecule has 1 unspecified atom stereocenters. The summed E-state index contributed by atoms with van der Waals surface area (Å²) >= 11 is 0. The van der Waals surface area contributed by atoms with E-state index in [0.717, 1.165) is 12.8 Å². The van der Waals surface area contributed by atoms with Gasteiger partial charge in [0.1, 0.15) is 5.75 Å². The first kappa shape index (κ1) is 13.3. The van der Waals surface area contributed by atoms with E-state index < -0.39 is 10.0 Å². The molecular weight excluding hydrogens is 252 g/mol. The van der Waals surface area contributed by atoms with E-state index in [9.17, 15) is 8.42 Å². The fourth-order valence-corrected chi connectivity index (χ4v) is 4.00. The molecule has 18 heavy (non-hydrogen) atoms. The second-order valence-electron chi connectivity index (χ2n) is 4.33. The van der Waals surface area contributed by atoms with E-state index in [1.54, 1.807) is 24.3 Å². The van der Waals surface area contributed by atoms with E-state index in [0.29, 0.717) is 18.8 Å². The Balaban J connectivity index is 2.35. The quantitative estimate of drug-likeness (QED) is 0.878. The largest absolute Gasteiger partial charge is 0.497 e. The van der Waals surface area contributed by atoms with Gasteiger partial charge in [-0.05, 0) is 25.0 Å². The predicted molar refractivity (Wildman–Crippen MR) is 69.0 cm³/mol. The zero-order valence-corrected chi connectivity index (χ0v) is 11.2. The average Bonchev–Trinajstić information content (AvgIpc) is 2.88. The van der Waals surface area contributed by atoms with Crippen LogP contribution in [0.5, 0.6) is 5.75 Å². The first-order valence-corrected chi connectivity index (χ1v) is 7.39. The van der Waals surface area contributed by atoms with Crippen molar-refractivity contribution >= 4 is 10.0 Å². The molecule has 1 saturated heterocycles. The van der Waals surface area contributed by atoms with Crippen LogP contribution in [0, 0.1) is 0 Å². The molecule has 1 aliphatic heterocycles. The van der Waals surface area contributed by atoms with Gasteiger partial charge in [-0.2, -0.15) is 4.31 Å². The van der Waals surface area contributed by atoms with E-state index >= 15 is 0 Å². The van der Waals surface area contributed by atoms with Crippen LogP contribution in [0.25, 0.3) is 0 Å². The number of nitrogens with zero attached hydrogens (tertiary/aromatic N) is 1. The molecule has 0 radical (unpaired) electrons. The predicted octanol–water partition coefficient (Wildman–Crippen LogP) is 0.807. The molecule has 0 saturated carbocycles. The second kappa shape index (κ2) is 5.26. The number of hydrogen-bond acceptors (Lipinski definition) is 4. The summed E-state index contributed by atoms with van der Waals surface area (Å²) in [4.78, 5) is 0.266. The van der Waals surface area contributed by atoms with E-state index in [4.69, 9.17) is 10.5 Å². The normalized spacial score (nSPS) is 21.1. The van der Waals surface area contributed by atoms with Crippen LogP contribution in [-0.4, -0.2) is 39.0 Å². The van der Waals surface area contributed by atoms with Gasteiger partial charge in [-0.3, -0.25) is 0 Å². The smallest absolute Gasteiger partial charge is 0.243 e. The van der Waals surface area contributed by atoms with Gasteiger partial charge in [0.15, 0.2) is 0 Å². The number of hydrogen-bond donors (Lipinski definition) is 1. The Morgan fingerprint density at radius 2 is 2.28 bits per heavy atom.